The van der Waals surface area contributed by atoms with Crippen LogP contribution in [0, 0.1) is 5.92 Å². The Balaban J connectivity index is 1.41. The summed E-state index contributed by atoms with van der Waals surface area (Å²) in [6, 6.07) is 8.14. The summed E-state index contributed by atoms with van der Waals surface area (Å²) in [5.74, 6) is 1.24. The van der Waals surface area contributed by atoms with Crippen molar-refractivity contribution in [1.82, 2.24) is 24.6 Å². The van der Waals surface area contributed by atoms with E-state index in [2.05, 4.69) is 32.1 Å². The van der Waals surface area contributed by atoms with Crippen LogP contribution in [0.2, 0.25) is 0 Å². The molecule has 0 spiro atoms. The molecule has 1 aliphatic heterocycles. The molecule has 3 aromatic rings. The minimum atomic E-state index is 0.157. The SMILES string of the molecule is CCC(=O)N(Cc1nn(C)c2ccccc12)CC1CCN(c2ncc(C=O)cn2)CC1. The van der Waals surface area contributed by atoms with E-state index in [1.807, 2.05) is 35.7 Å². The molecule has 1 aliphatic rings. The van der Waals surface area contributed by atoms with Gasteiger partial charge in [0, 0.05) is 50.9 Å². The lowest BCUT2D eigenvalue weighted by molar-refractivity contribution is -0.132. The Bertz CT molecular complexity index is 1050. The fraction of sp³-hybridized carbons (Fsp3) is 0.435. The fourth-order valence-corrected chi connectivity index (χ4v) is 4.25. The van der Waals surface area contributed by atoms with Gasteiger partial charge in [0.05, 0.1) is 23.3 Å². The van der Waals surface area contributed by atoms with Gasteiger partial charge in [-0.15, -0.1) is 0 Å². The minimum Gasteiger partial charge on any atom is -0.341 e. The highest BCUT2D eigenvalue weighted by Crippen LogP contribution is 2.24. The van der Waals surface area contributed by atoms with Crippen molar-refractivity contribution < 1.29 is 9.59 Å². The molecule has 0 N–H and O–H groups in total. The maximum Gasteiger partial charge on any atom is 0.225 e. The van der Waals surface area contributed by atoms with Gasteiger partial charge in [0.25, 0.3) is 0 Å². The number of hydrogen-bond acceptors (Lipinski definition) is 6. The first-order valence-electron chi connectivity index (χ1n) is 10.8. The number of nitrogens with zero attached hydrogens (tertiary/aromatic N) is 6. The van der Waals surface area contributed by atoms with E-state index < -0.39 is 0 Å². The lowest BCUT2D eigenvalue weighted by atomic mass is 9.96. The first-order chi connectivity index (χ1) is 15.1. The number of carbonyl (C=O) groups is 2. The van der Waals surface area contributed by atoms with Gasteiger partial charge in [0.2, 0.25) is 11.9 Å². The molecule has 1 amide bonds. The molecule has 3 heterocycles. The number of amides is 1. The molecular weight excluding hydrogens is 392 g/mol. The molecular formula is C23H28N6O2. The molecule has 0 unspecified atom stereocenters. The fourth-order valence-electron chi connectivity index (χ4n) is 4.25. The Morgan fingerprint density at radius 2 is 1.90 bits per heavy atom. The van der Waals surface area contributed by atoms with Crippen molar-refractivity contribution in [2.45, 2.75) is 32.7 Å². The van der Waals surface area contributed by atoms with Gasteiger partial charge >= 0.3 is 0 Å². The lowest BCUT2D eigenvalue weighted by Crippen LogP contribution is -2.41. The molecule has 1 saturated heterocycles. The number of rotatable bonds is 7. The molecule has 8 heteroatoms. The molecule has 0 atom stereocenters. The van der Waals surface area contributed by atoms with Gasteiger partial charge in [-0.25, -0.2) is 9.97 Å². The number of aromatic nitrogens is 4. The molecule has 0 saturated carbocycles. The Labute approximate surface area is 181 Å². The number of aryl methyl sites for hydroxylation is 1. The average molecular weight is 421 g/mol. The number of carbonyl (C=O) groups excluding carboxylic acids is 2. The maximum atomic E-state index is 12.7. The zero-order valence-corrected chi connectivity index (χ0v) is 18.1. The van der Waals surface area contributed by atoms with E-state index in [-0.39, 0.29) is 5.91 Å². The molecule has 2 aromatic heterocycles. The third kappa shape index (κ3) is 4.57. The Morgan fingerprint density at radius 3 is 2.58 bits per heavy atom. The summed E-state index contributed by atoms with van der Waals surface area (Å²) < 4.78 is 1.88. The second-order valence-corrected chi connectivity index (χ2v) is 8.08. The monoisotopic (exact) mass is 420 g/mol. The van der Waals surface area contributed by atoms with Crippen LogP contribution in [0.25, 0.3) is 10.9 Å². The van der Waals surface area contributed by atoms with Crippen LogP contribution in [0.3, 0.4) is 0 Å². The van der Waals surface area contributed by atoms with Crippen molar-refractivity contribution in [1.29, 1.82) is 0 Å². The van der Waals surface area contributed by atoms with Gasteiger partial charge in [-0.05, 0) is 24.8 Å². The van der Waals surface area contributed by atoms with Gasteiger partial charge in [0.1, 0.15) is 0 Å². The smallest absolute Gasteiger partial charge is 0.225 e. The molecule has 8 nitrogen and oxygen atoms in total. The number of para-hydroxylation sites is 1. The zero-order chi connectivity index (χ0) is 21.8. The quantitative estimate of drug-likeness (QED) is 0.547. The molecule has 1 aromatic carbocycles. The largest absolute Gasteiger partial charge is 0.341 e. The van der Waals surface area contributed by atoms with Crippen molar-refractivity contribution in [2.75, 3.05) is 24.5 Å². The Kier molecular flexibility index (Phi) is 6.25. The first-order valence-corrected chi connectivity index (χ1v) is 10.8. The third-order valence-electron chi connectivity index (χ3n) is 6.00. The normalized spacial score (nSPS) is 14.7. The standard InChI is InChI=1S/C23H28N6O2/c1-3-22(31)29(15-20-19-6-4-5-7-21(19)27(2)26-20)14-17-8-10-28(11-9-17)23-24-12-18(16-30)13-25-23/h4-7,12-13,16-17H,3,8-11,14-15H2,1-2H3. The van der Waals surface area contributed by atoms with Gasteiger partial charge < -0.3 is 9.80 Å². The van der Waals surface area contributed by atoms with Gasteiger partial charge in [-0.2, -0.15) is 5.10 Å². The van der Waals surface area contributed by atoms with Gasteiger partial charge in [-0.3, -0.25) is 14.3 Å². The summed E-state index contributed by atoms with van der Waals surface area (Å²) in [5, 5.41) is 5.78. The van der Waals surface area contributed by atoms with Gasteiger partial charge in [-0.1, -0.05) is 25.1 Å². The van der Waals surface area contributed by atoms with Crippen LogP contribution < -0.4 is 4.90 Å². The summed E-state index contributed by atoms with van der Waals surface area (Å²) in [7, 11) is 1.94. The third-order valence-corrected chi connectivity index (χ3v) is 6.00. The van der Waals surface area contributed by atoms with Gasteiger partial charge in [0.15, 0.2) is 6.29 Å². The number of piperidine rings is 1. The lowest BCUT2D eigenvalue weighted by Gasteiger charge is -2.34. The second-order valence-electron chi connectivity index (χ2n) is 8.08. The molecule has 1 fully saturated rings. The summed E-state index contributed by atoms with van der Waals surface area (Å²) in [6.07, 6.45) is 6.28. The molecule has 0 radical (unpaired) electrons. The first kappa shape index (κ1) is 21.0. The number of hydrogen-bond donors (Lipinski definition) is 0. The summed E-state index contributed by atoms with van der Waals surface area (Å²) in [5.41, 5.74) is 2.51. The zero-order valence-electron chi connectivity index (χ0n) is 18.1. The van der Waals surface area contributed by atoms with E-state index in [4.69, 9.17) is 0 Å². The topological polar surface area (TPSA) is 84.2 Å². The predicted molar refractivity (Wildman–Crippen MR) is 119 cm³/mol. The van der Waals surface area contributed by atoms with E-state index in [0.29, 0.717) is 30.4 Å². The van der Waals surface area contributed by atoms with E-state index in [9.17, 15) is 9.59 Å². The van der Waals surface area contributed by atoms with Crippen molar-refractivity contribution in [3.63, 3.8) is 0 Å². The van der Waals surface area contributed by atoms with Crippen LogP contribution in [0.1, 0.15) is 42.2 Å². The average Bonchev–Trinajstić information content (AvgIpc) is 3.14. The number of benzene rings is 1. The van der Waals surface area contributed by atoms with E-state index in [1.54, 1.807) is 12.4 Å². The van der Waals surface area contributed by atoms with Crippen molar-refractivity contribution >= 4 is 29.0 Å². The van der Waals surface area contributed by atoms with Crippen LogP contribution >= 0.6 is 0 Å². The molecule has 162 valence electrons. The minimum absolute atomic E-state index is 0.157. The van der Waals surface area contributed by atoms with E-state index in [0.717, 1.165) is 55.4 Å². The second kappa shape index (κ2) is 9.24. The highest BCUT2D eigenvalue weighted by atomic mass is 16.2. The highest BCUT2D eigenvalue weighted by molar-refractivity contribution is 5.82. The van der Waals surface area contributed by atoms with Crippen molar-refractivity contribution in [2.24, 2.45) is 13.0 Å². The highest BCUT2D eigenvalue weighted by Gasteiger charge is 2.25. The summed E-state index contributed by atoms with van der Waals surface area (Å²) in [6.45, 7) is 4.85. The summed E-state index contributed by atoms with van der Waals surface area (Å²) in [4.78, 5) is 36.2. The van der Waals surface area contributed by atoms with Crippen LogP contribution in [0.15, 0.2) is 36.7 Å². The van der Waals surface area contributed by atoms with Crippen molar-refractivity contribution in [3.05, 3.63) is 47.9 Å². The molecule has 0 aliphatic carbocycles. The number of aldehydes is 1. The number of fused-ring (bicyclic) bond motifs is 1. The Morgan fingerprint density at radius 1 is 1.19 bits per heavy atom. The van der Waals surface area contributed by atoms with Crippen LogP contribution in [0.4, 0.5) is 5.95 Å². The summed E-state index contributed by atoms with van der Waals surface area (Å²) >= 11 is 0. The molecule has 0 bridgehead atoms. The van der Waals surface area contributed by atoms with E-state index in [1.165, 1.54) is 0 Å². The van der Waals surface area contributed by atoms with Crippen LogP contribution in [-0.4, -0.2) is 56.5 Å². The van der Waals surface area contributed by atoms with Crippen LogP contribution in [0.5, 0.6) is 0 Å². The van der Waals surface area contributed by atoms with E-state index >= 15 is 0 Å². The molecule has 31 heavy (non-hydrogen) atoms. The Hall–Kier alpha value is -3.29. The van der Waals surface area contributed by atoms with Crippen molar-refractivity contribution in [3.8, 4) is 0 Å². The predicted octanol–water partition coefficient (Wildman–Crippen LogP) is 2.83. The number of anilines is 1. The maximum absolute atomic E-state index is 12.7. The molecule has 4 rings (SSSR count). The van der Waals surface area contributed by atoms with Crippen LogP contribution in [-0.2, 0) is 18.4 Å².